The number of anilines is 2. The minimum Gasteiger partial charge on any atom is -0.353 e. The Labute approximate surface area is 128 Å². The highest BCUT2D eigenvalue weighted by Gasteiger charge is 2.30. The van der Waals surface area contributed by atoms with Gasteiger partial charge in [-0.2, -0.15) is 18.4 Å². The van der Waals surface area contributed by atoms with Crippen molar-refractivity contribution in [2.45, 2.75) is 6.18 Å². The molecule has 0 unspecified atom stereocenters. The molecule has 0 aliphatic carbocycles. The number of rotatable bonds is 2. The van der Waals surface area contributed by atoms with Crippen LogP contribution in [0.2, 0.25) is 10.0 Å². The van der Waals surface area contributed by atoms with Crippen LogP contribution in [-0.2, 0) is 6.18 Å². The molecule has 0 aromatic heterocycles. The number of nitriles is 1. The molecule has 108 valence electrons. The van der Waals surface area contributed by atoms with Crippen LogP contribution in [0.15, 0.2) is 36.4 Å². The van der Waals surface area contributed by atoms with Crippen LogP contribution in [0.1, 0.15) is 11.1 Å². The number of nitrogens with zero attached hydrogens (tertiary/aromatic N) is 1. The molecule has 0 heterocycles. The van der Waals surface area contributed by atoms with Crippen molar-refractivity contribution >= 4 is 34.6 Å². The van der Waals surface area contributed by atoms with E-state index in [1.165, 1.54) is 18.2 Å². The number of benzene rings is 2. The first-order valence-electron chi connectivity index (χ1n) is 5.64. The first-order valence-corrected chi connectivity index (χ1v) is 6.40. The Bertz CT molecular complexity index is 721. The predicted octanol–water partition coefficient (Wildman–Crippen LogP) is 5.63. The van der Waals surface area contributed by atoms with Crippen molar-refractivity contribution in [2.24, 2.45) is 0 Å². The molecule has 0 bridgehead atoms. The van der Waals surface area contributed by atoms with Gasteiger partial charge in [0.05, 0.1) is 38.6 Å². The van der Waals surface area contributed by atoms with E-state index in [1.54, 1.807) is 6.07 Å². The second-order valence-corrected chi connectivity index (χ2v) is 4.94. The summed E-state index contributed by atoms with van der Waals surface area (Å²) in [5.74, 6) is 0. The summed E-state index contributed by atoms with van der Waals surface area (Å²) in [6.45, 7) is 0. The average Bonchev–Trinajstić information content (AvgIpc) is 2.41. The Hall–Kier alpha value is -1.90. The number of hydrogen-bond donors (Lipinski definition) is 1. The second-order valence-electron chi connectivity index (χ2n) is 4.12. The van der Waals surface area contributed by atoms with E-state index < -0.39 is 11.7 Å². The van der Waals surface area contributed by atoms with E-state index in [-0.39, 0.29) is 15.7 Å². The van der Waals surface area contributed by atoms with E-state index in [0.717, 1.165) is 12.1 Å². The quantitative estimate of drug-likeness (QED) is 0.774. The Morgan fingerprint density at radius 3 is 2.00 bits per heavy atom. The molecule has 0 amide bonds. The van der Waals surface area contributed by atoms with Gasteiger partial charge in [-0.3, -0.25) is 0 Å². The molecule has 0 aliphatic heterocycles. The molecule has 0 saturated carbocycles. The third kappa shape index (κ3) is 3.60. The smallest absolute Gasteiger partial charge is 0.353 e. The lowest BCUT2D eigenvalue weighted by Gasteiger charge is -2.12. The van der Waals surface area contributed by atoms with Gasteiger partial charge in [-0.15, -0.1) is 0 Å². The molecule has 2 rings (SSSR count). The molecule has 2 aromatic carbocycles. The zero-order valence-electron chi connectivity index (χ0n) is 10.3. The van der Waals surface area contributed by atoms with Crippen molar-refractivity contribution in [3.63, 3.8) is 0 Å². The van der Waals surface area contributed by atoms with Crippen molar-refractivity contribution in [1.82, 2.24) is 0 Å². The zero-order valence-corrected chi connectivity index (χ0v) is 11.8. The molecular formula is C14H7Cl2F3N2. The standard InChI is InChI=1S/C14H7Cl2F3N2/c15-10-5-8(7-20)1-3-12(10)21-13-4-2-9(6-11(13)16)14(17,18)19/h1-6,21H. The van der Waals surface area contributed by atoms with E-state index >= 15 is 0 Å². The van der Waals surface area contributed by atoms with Gasteiger partial charge < -0.3 is 5.32 Å². The summed E-state index contributed by atoms with van der Waals surface area (Å²) < 4.78 is 37.6. The third-order valence-electron chi connectivity index (χ3n) is 2.66. The van der Waals surface area contributed by atoms with E-state index in [0.29, 0.717) is 11.3 Å². The highest BCUT2D eigenvalue weighted by molar-refractivity contribution is 6.35. The minimum absolute atomic E-state index is 0.0785. The summed E-state index contributed by atoms with van der Waals surface area (Å²) in [6, 6.07) is 9.44. The SMILES string of the molecule is N#Cc1ccc(Nc2ccc(C(F)(F)F)cc2Cl)c(Cl)c1. The van der Waals surface area contributed by atoms with Crippen molar-refractivity contribution in [3.05, 3.63) is 57.6 Å². The monoisotopic (exact) mass is 330 g/mol. The Balaban J connectivity index is 2.31. The summed E-state index contributed by atoms with van der Waals surface area (Å²) in [6.07, 6.45) is -4.45. The van der Waals surface area contributed by atoms with Gasteiger partial charge in [0.25, 0.3) is 0 Å². The van der Waals surface area contributed by atoms with Gasteiger partial charge in [-0.1, -0.05) is 23.2 Å². The fourth-order valence-corrected chi connectivity index (χ4v) is 2.08. The van der Waals surface area contributed by atoms with Crippen LogP contribution in [0.25, 0.3) is 0 Å². The Morgan fingerprint density at radius 1 is 0.952 bits per heavy atom. The maximum atomic E-state index is 12.5. The predicted molar refractivity (Wildman–Crippen MR) is 75.9 cm³/mol. The van der Waals surface area contributed by atoms with Crippen LogP contribution in [0, 0.1) is 11.3 Å². The maximum Gasteiger partial charge on any atom is 0.416 e. The summed E-state index contributed by atoms with van der Waals surface area (Å²) in [5, 5.41) is 11.8. The van der Waals surface area contributed by atoms with Crippen LogP contribution in [-0.4, -0.2) is 0 Å². The second kappa shape index (κ2) is 5.84. The fraction of sp³-hybridized carbons (Fsp3) is 0.0714. The van der Waals surface area contributed by atoms with Gasteiger partial charge in [0.1, 0.15) is 0 Å². The average molecular weight is 331 g/mol. The van der Waals surface area contributed by atoms with Gasteiger partial charge in [-0.05, 0) is 36.4 Å². The lowest BCUT2D eigenvalue weighted by atomic mass is 10.2. The summed E-state index contributed by atoms with van der Waals surface area (Å²) in [4.78, 5) is 0. The third-order valence-corrected chi connectivity index (χ3v) is 3.29. The van der Waals surface area contributed by atoms with Crippen LogP contribution in [0.4, 0.5) is 24.5 Å². The van der Waals surface area contributed by atoms with Gasteiger partial charge in [-0.25, -0.2) is 0 Å². The highest BCUT2D eigenvalue weighted by atomic mass is 35.5. The summed E-state index contributed by atoms with van der Waals surface area (Å²) in [5.41, 5.74) is 0.279. The van der Waals surface area contributed by atoms with Crippen LogP contribution in [0.3, 0.4) is 0 Å². The van der Waals surface area contributed by atoms with E-state index in [2.05, 4.69) is 5.32 Å². The van der Waals surface area contributed by atoms with E-state index in [1.807, 2.05) is 6.07 Å². The molecule has 2 nitrogen and oxygen atoms in total. The zero-order chi connectivity index (χ0) is 15.6. The van der Waals surface area contributed by atoms with Crippen molar-refractivity contribution in [2.75, 3.05) is 5.32 Å². The number of nitrogens with one attached hydrogen (secondary N) is 1. The van der Waals surface area contributed by atoms with Crippen molar-refractivity contribution < 1.29 is 13.2 Å². The largest absolute Gasteiger partial charge is 0.416 e. The first kappa shape index (κ1) is 15.5. The van der Waals surface area contributed by atoms with Crippen LogP contribution in [0.5, 0.6) is 0 Å². The molecule has 0 saturated heterocycles. The fourth-order valence-electron chi connectivity index (χ4n) is 1.62. The lowest BCUT2D eigenvalue weighted by Crippen LogP contribution is -2.05. The molecule has 7 heteroatoms. The molecule has 0 aliphatic rings. The van der Waals surface area contributed by atoms with Crippen LogP contribution < -0.4 is 5.32 Å². The minimum atomic E-state index is -4.45. The summed E-state index contributed by atoms with van der Waals surface area (Å²) in [7, 11) is 0. The molecular weight excluding hydrogens is 324 g/mol. The highest BCUT2D eigenvalue weighted by Crippen LogP contribution is 2.35. The van der Waals surface area contributed by atoms with Crippen molar-refractivity contribution in [1.29, 1.82) is 5.26 Å². The molecule has 0 radical (unpaired) electrons. The Morgan fingerprint density at radius 2 is 1.52 bits per heavy atom. The summed E-state index contributed by atoms with van der Waals surface area (Å²) >= 11 is 11.8. The normalized spacial score (nSPS) is 11.0. The number of alkyl halides is 3. The molecule has 0 fully saturated rings. The number of halogens is 5. The van der Waals surface area contributed by atoms with Gasteiger partial charge in [0.15, 0.2) is 0 Å². The Kier molecular flexibility index (Phi) is 4.31. The van der Waals surface area contributed by atoms with E-state index in [4.69, 9.17) is 28.5 Å². The topological polar surface area (TPSA) is 35.8 Å². The molecule has 0 atom stereocenters. The maximum absolute atomic E-state index is 12.5. The molecule has 21 heavy (non-hydrogen) atoms. The van der Waals surface area contributed by atoms with Gasteiger partial charge in [0, 0.05) is 0 Å². The molecule has 1 N–H and O–H groups in total. The van der Waals surface area contributed by atoms with Gasteiger partial charge in [0.2, 0.25) is 0 Å². The molecule has 2 aromatic rings. The van der Waals surface area contributed by atoms with Crippen molar-refractivity contribution in [3.8, 4) is 6.07 Å². The first-order chi connectivity index (χ1) is 9.81. The van der Waals surface area contributed by atoms with Gasteiger partial charge >= 0.3 is 6.18 Å². The number of hydrogen-bond acceptors (Lipinski definition) is 2. The van der Waals surface area contributed by atoms with Crippen LogP contribution >= 0.6 is 23.2 Å². The van der Waals surface area contributed by atoms with E-state index in [9.17, 15) is 13.2 Å². The lowest BCUT2D eigenvalue weighted by molar-refractivity contribution is -0.137. The molecule has 0 spiro atoms.